The molecule has 3 heterocycles. The molecule has 0 aromatic carbocycles. The van der Waals surface area contributed by atoms with Crippen LogP contribution in [0.15, 0.2) is 0 Å². The van der Waals surface area contributed by atoms with Crippen LogP contribution in [0.1, 0.15) is 32.1 Å². The molecular formula is C18H34Cl2N4O4. The van der Waals surface area contributed by atoms with Crippen molar-refractivity contribution in [2.75, 3.05) is 52.4 Å². The van der Waals surface area contributed by atoms with Gasteiger partial charge >= 0.3 is 5.97 Å². The van der Waals surface area contributed by atoms with Crippen LogP contribution in [0.4, 0.5) is 0 Å². The third-order valence-electron chi connectivity index (χ3n) is 5.50. The molecule has 0 aromatic rings. The van der Waals surface area contributed by atoms with Crippen molar-refractivity contribution in [2.45, 2.75) is 50.4 Å². The zero-order valence-electron chi connectivity index (χ0n) is 16.3. The molecule has 0 amide bonds. The van der Waals surface area contributed by atoms with Gasteiger partial charge in [0.1, 0.15) is 12.4 Å². The second-order valence-corrected chi connectivity index (χ2v) is 7.37. The molecule has 0 aliphatic carbocycles. The van der Waals surface area contributed by atoms with Gasteiger partial charge in [-0.05, 0) is 51.9 Å². The molecule has 28 heavy (non-hydrogen) atoms. The van der Waals surface area contributed by atoms with Crippen molar-refractivity contribution >= 4 is 37.1 Å². The van der Waals surface area contributed by atoms with Gasteiger partial charge in [-0.3, -0.25) is 9.69 Å². The summed E-state index contributed by atoms with van der Waals surface area (Å²) in [7, 11) is 0. The molecule has 2 N–H and O–H groups in total. The first-order chi connectivity index (χ1) is 12.7. The maximum Gasteiger partial charge on any atom is 0.328 e. The van der Waals surface area contributed by atoms with Crippen LogP contribution in [0.3, 0.4) is 0 Å². The largest absolute Gasteiger partial charge is 0.368 e. The standard InChI is InChI=1S/C18H32N4O4.2ClH/c23-14-17(25-16-3-7-20-8-4-16)13-18(24)26-22-11-9-21(10-12-22)15-1-5-19-6-2-15;;/h14-17,19-20H,1-13H2;2*1H. The van der Waals surface area contributed by atoms with Crippen LogP contribution in [0.25, 0.3) is 0 Å². The maximum atomic E-state index is 12.2. The van der Waals surface area contributed by atoms with Gasteiger partial charge in [-0.1, -0.05) is 0 Å². The molecule has 3 fully saturated rings. The molecule has 3 aliphatic heterocycles. The van der Waals surface area contributed by atoms with Crippen LogP contribution in [0.2, 0.25) is 0 Å². The quantitative estimate of drug-likeness (QED) is 0.549. The summed E-state index contributed by atoms with van der Waals surface area (Å²) in [4.78, 5) is 31.4. The number of carbonyl (C=O) groups excluding carboxylic acids is 2. The number of nitrogens with zero attached hydrogens (tertiary/aromatic N) is 2. The number of hydrogen-bond donors (Lipinski definition) is 2. The Bertz CT molecular complexity index is 455. The summed E-state index contributed by atoms with van der Waals surface area (Å²) in [5.41, 5.74) is 0. The number of piperazine rings is 1. The predicted molar refractivity (Wildman–Crippen MR) is 111 cm³/mol. The van der Waals surface area contributed by atoms with Gasteiger partial charge < -0.3 is 25.0 Å². The van der Waals surface area contributed by atoms with Crippen LogP contribution < -0.4 is 10.6 Å². The van der Waals surface area contributed by atoms with E-state index in [1.807, 2.05) is 0 Å². The van der Waals surface area contributed by atoms with Gasteiger partial charge in [0, 0.05) is 32.2 Å². The highest BCUT2D eigenvalue weighted by atomic mass is 35.5. The lowest BCUT2D eigenvalue weighted by Crippen LogP contribution is -2.53. The van der Waals surface area contributed by atoms with Crippen molar-refractivity contribution in [3.05, 3.63) is 0 Å². The third-order valence-corrected chi connectivity index (χ3v) is 5.50. The fourth-order valence-electron chi connectivity index (χ4n) is 3.98. The Morgan fingerprint density at radius 2 is 1.54 bits per heavy atom. The van der Waals surface area contributed by atoms with Crippen LogP contribution >= 0.6 is 24.8 Å². The van der Waals surface area contributed by atoms with E-state index in [1.54, 1.807) is 5.06 Å². The average molecular weight is 441 g/mol. The molecule has 8 nitrogen and oxygen atoms in total. The third kappa shape index (κ3) is 8.10. The monoisotopic (exact) mass is 440 g/mol. The molecule has 3 saturated heterocycles. The van der Waals surface area contributed by atoms with E-state index in [0.717, 1.165) is 71.5 Å². The van der Waals surface area contributed by atoms with Gasteiger partial charge in [-0.25, -0.2) is 0 Å². The topological polar surface area (TPSA) is 83.1 Å². The highest BCUT2D eigenvalue weighted by Gasteiger charge is 2.28. The Balaban J connectivity index is 0.00000196. The van der Waals surface area contributed by atoms with Crippen molar-refractivity contribution in [3.63, 3.8) is 0 Å². The summed E-state index contributed by atoms with van der Waals surface area (Å²) in [6.07, 6.45) is 4.18. The summed E-state index contributed by atoms with van der Waals surface area (Å²) in [5.74, 6) is -0.383. The van der Waals surface area contributed by atoms with E-state index in [-0.39, 0.29) is 43.3 Å². The highest BCUT2D eigenvalue weighted by Crippen LogP contribution is 2.16. The lowest BCUT2D eigenvalue weighted by atomic mass is 10.0. The number of carbonyl (C=O) groups is 2. The minimum absolute atomic E-state index is 0. The van der Waals surface area contributed by atoms with Gasteiger partial charge in [0.25, 0.3) is 0 Å². The lowest BCUT2D eigenvalue weighted by Gasteiger charge is -2.39. The second kappa shape index (κ2) is 13.7. The zero-order chi connectivity index (χ0) is 18.2. The van der Waals surface area contributed by atoms with E-state index in [2.05, 4.69) is 15.5 Å². The number of nitrogens with one attached hydrogen (secondary N) is 2. The van der Waals surface area contributed by atoms with Crippen molar-refractivity contribution in [2.24, 2.45) is 0 Å². The first-order valence-corrected chi connectivity index (χ1v) is 9.96. The number of piperidine rings is 2. The normalized spacial score (nSPS) is 23.9. The Morgan fingerprint density at radius 1 is 0.964 bits per heavy atom. The molecule has 10 heteroatoms. The first kappa shape index (κ1) is 25.6. The molecule has 3 rings (SSSR count). The Morgan fingerprint density at radius 3 is 2.11 bits per heavy atom. The molecule has 0 aromatic heterocycles. The molecule has 0 bridgehead atoms. The maximum absolute atomic E-state index is 12.2. The van der Waals surface area contributed by atoms with Crippen molar-refractivity contribution in [1.82, 2.24) is 20.6 Å². The van der Waals surface area contributed by atoms with Crippen LogP contribution in [-0.4, -0.2) is 92.8 Å². The number of aldehydes is 1. The number of hydroxylamine groups is 2. The van der Waals surface area contributed by atoms with E-state index in [0.29, 0.717) is 6.04 Å². The molecule has 0 saturated carbocycles. The van der Waals surface area contributed by atoms with Crippen LogP contribution in [-0.2, 0) is 19.2 Å². The Labute approximate surface area is 179 Å². The molecule has 3 aliphatic rings. The van der Waals surface area contributed by atoms with Crippen molar-refractivity contribution < 1.29 is 19.2 Å². The smallest absolute Gasteiger partial charge is 0.328 e. The summed E-state index contributed by atoms with van der Waals surface area (Å²) in [6, 6.07) is 0.645. The zero-order valence-corrected chi connectivity index (χ0v) is 18.0. The first-order valence-electron chi connectivity index (χ1n) is 9.96. The fraction of sp³-hybridized carbons (Fsp3) is 0.889. The molecule has 1 unspecified atom stereocenters. The molecule has 164 valence electrons. The summed E-state index contributed by atoms with van der Waals surface area (Å²) in [5, 5.41) is 8.37. The average Bonchev–Trinajstić information content (AvgIpc) is 2.69. The number of ether oxygens (including phenoxy) is 1. The van der Waals surface area contributed by atoms with E-state index in [1.165, 1.54) is 12.8 Å². The molecule has 0 radical (unpaired) electrons. The van der Waals surface area contributed by atoms with Gasteiger partial charge in [0.05, 0.1) is 12.5 Å². The number of halogens is 2. The minimum Gasteiger partial charge on any atom is -0.368 e. The number of hydrogen-bond acceptors (Lipinski definition) is 8. The second-order valence-electron chi connectivity index (χ2n) is 7.37. The number of rotatable bonds is 7. The highest BCUT2D eigenvalue weighted by molar-refractivity contribution is 5.85. The van der Waals surface area contributed by atoms with E-state index < -0.39 is 6.10 Å². The SMILES string of the molecule is Cl.Cl.O=CC(CC(=O)ON1CCN(C2CCNCC2)CC1)OC1CCNCC1. The Hall–Kier alpha value is -0.480. The van der Waals surface area contributed by atoms with Gasteiger partial charge in [-0.15, -0.1) is 29.9 Å². The van der Waals surface area contributed by atoms with E-state index in [9.17, 15) is 9.59 Å². The minimum atomic E-state index is -0.707. The van der Waals surface area contributed by atoms with Crippen molar-refractivity contribution in [1.29, 1.82) is 0 Å². The van der Waals surface area contributed by atoms with Crippen LogP contribution in [0.5, 0.6) is 0 Å². The van der Waals surface area contributed by atoms with Gasteiger partial charge in [0.2, 0.25) is 0 Å². The van der Waals surface area contributed by atoms with Gasteiger partial charge in [0.15, 0.2) is 0 Å². The molecular weight excluding hydrogens is 407 g/mol. The fourth-order valence-corrected chi connectivity index (χ4v) is 3.98. The predicted octanol–water partition coefficient (Wildman–Crippen LogP) is 0.384. The summed E-state index contributed by atoms with van der Waals surface area (Å²) < 4.78 is 5.76. The Kier molecular flexibility index (Phi) is 12.5. The molecule has 0 spiro atoms. The van der Waals surface area contributed by atoms with Crippen LogP contribution in [0, 0.1) is 0 Å². The van der Waals surface area contributed by atoms with Crippen molar-refractivity contribution in [3.8, 4) is 0 Å². The molecule has 1 atom stereocenters. The summed E-state index contributed by atoms with van der Waals surface area (Å²) in [6.45, 7) is 7.23. The van der Waals surface area contributed by atoms with E-state index in [4.69, 9.17) is 9.57 Å². The van der Waals surface area contributed by atoms with E-state index >= 15 is 0 Å². The summed E-state index contributed by atoms with van der Waals surface area (Å²) >= 11 is 0. The lowest BCUT2D eigenvalue weighted by molar-refractivity contribution is -0.202. The van der Waals surface area contributed by atoms with Gasteiger partial charge in [-0.2, -0.15) is 0 Å².